The second kappa shape index (κ2) is 7.82. The third-order valence-corrected chi connectivity index (χ3v) is 6.29. The highest BCUT2D eigenvalue weighted by molar-refractivity contribution is 7.08. The van der Waals surface area contributed by atoms with Gasteiger partial charge in [0.25, 0.3) is 11.5 Å². The Morgan fingerprint density at radius 2 is 2.07 bits per heavy atom. The van der Waals surface area contributed by atoms with Gasteiger partial charge in [-0.15, -0.1) is 0 Å². The lowest BCUT2D eigenvalue weighted by molar-refractivity contribution is -0.142. The van der Waals surface area contributed by atoms with Crippen LogP contribution in [0.1, 0.15) is 34.4 Å². The number of carbonyl (C=O) groups is 3. The molecule has 1 fully saturated rings. The summed E-state index contributed by atoms with van der Waals surface area (Å²) in [5, 5.41) is 6.24. The largest absolute Gasteiger partial charge is 0.468 e. The molecule has 1 N–H and O–H groups in total. The van der Waals surface area contributed by atoms with Crippen LogP contribution in [0.15, 0.2) is 39.8 Å². The van der Waals surface area contributed by atoms with E-state index in [0.29, 0.717) is 25.1 Å². The number of nitrogens with zero attached hydrogens (tertiary/aromatic N) is 2. The molecule has 0 aliphatic carbocycles. The van der Waals surface area contributed by atoms with Crippen LogP contribution in [0.3, 0.4) is 0 Å². The monoisotopic (exact) mass is 415 g/mol. The minimum absolute atomic E-state index is 0.0186. The number of hydrogen-bond acceptors (Lipinski definition) is 6. The molecular formula is C20H21N3O5S. The van der Waals surface area contributed by atoms with Gasteiger partial charge in [-0.2, -0.15) is 11.3 Å². The van der Waals surface area contributed by atoms with E-state index in [1.165, 1.54) is 29.1 Å². The number of aromatic nitrogens is 1. The third kappa shape index (κ3) is 3.57. The third-order valence-electron chi connectivity index (χ3n) is 5.61. The Morgan fingerprint density at radius 3 is 2.79 bits per heavy atom. The summed E-state index contributed by atoms with van der Waals surface area (Å²) >= 11 is 1.46. The molecule has 0 saturated carbocycles. The molecule has 0 aromatic carbocycles. The number of rotatable bonds is 4. The maximum Gasteiger partial charge on any atom is 0.325 e. The van der Waals surface area contributed by atoms with Gasteiger partial charge in [-0.25, -0.2) is 0 Å². The van der Waals surface area contributed by atoms with Crippen LogP contribution in [0, 0.1) is 5.92 Å². The van der Waals surface area contributed by atoms with Gasteiger partial charge in [0.2, 0.25) is 5.91 Å². The number of fused-ring (bicyclic) bond motifs is 4. The highest BCUT2D eigenvalue weighted by Crippen LogP contribution is 2.41. The Balaban J connectivity index is 1.67. The van der Waals surface area contributed by atoms with Crippen molar-refractivity contribution in [2.75, 3.05) is 26.7 Å². The predicted molar refractivity (Wildman–Crippen MR) is 106 cm³/mol. The number of thiophene rings is 1. The van der Waals surface area contributed by atoms with Crippen LogP contribution in [0.25, 0.3) is 0 Å². The summed E-state index contributed by atoms with van der Waals surface area (Å²) < 4.78 is 6.10. The van der Waals surface area contributed by atoms with Crippen LogP contribution in [0.5, 0.6) is 0 Å². The topological polar surface area (TPSA) is 97.7 Å². The molecule has 0 radical (unpaired) electrons. The lowest BCUT2D eigenvalue weighted by Crippen LogP contribution is -2.54. The fraction of sp³-hybridized carbons (Fsp3) is 0.400. The van der Waals surface area contributed by atoms with Crippen molar-refractivity contribution in [2.24, 2.45) is 5.92 Å². The van der Waals surface area contributed by atoms with Crippen molar-refractivity contribution in [3.8, 4) is 0 Å². The SMILES string of the molecule is COC(=O)CNC(=O)[C@H]1[C@H]2C[C@H](CN(C(=O)c3ccsc3)C2)c2cccc(=O)n21. The van der Waals surface area contributed by atoms with Crippen LogP contribution in [0.2, 0.25) is 0 Å². The first kappa shape index (κ1) is 19.4. The van der Waals surface area contributed by atoms with Crippen LogP contribution >= 0.6 is 11.3 Å². The number of carbonyl (C=O) groups excluding carboxylic acids is 3. The zero-order valence-corrected chi connectivity index (χ0v) is 16.7. The average molecular weight is 415 g/mol. The Kier molecular flexibility index (Phi) is 5.23. The van der Waals surface area contributed by atoms with E-state index in [0.717, 1.165) is 5.69 Å². The van der Waals surface area contributed by atoms with Gasteiger partial charge in [0.05, 0.1) is 12.7 Å². The average Bonchev–Trinajstić information content (AvgIpc) is 3.27. The summed E-state index contributed by atoms with van der Waals surface area (Å²) in [4.78, 5) is 51.7. The van der Waals surface area contributed by atoms with E-state index in [-0.39, 0.29) is 29.8 Å². The zero-order chi connectivity index (χ0) is 20.5. The fourth-order valence-electron chi connectivity index (χ4n) is 4.34. The smallest absolute Gasteiger partial charge is 0.325 e. The van der Waals surface area contributed by atoms with Gasteiger partial charge in [-0.1, -0.05) is 6.07 Å². The Morgan fingerprint density at radius 1 is 1.24 bits per heavy atom. The van der Waals surface area contributed by atoms with Crippen LogP contribution in [0.4, 0.5) is 0 Å². The van der Waals surface area contributed by atoms with Crippen molar-refractivity contribution in [1.29, 1.82) is 0 Å². The summed E-state index contributed by atoms with van der Waals surface area (Å²) in [6, 6.07) is 5.95. The van der Waals surface area contributed by atoms with Gasteiger partial charge in [-0.3, -0.25) is 23.7 Å². The van der Waals surface area contributed by atoms with Crippen LogP contribution in [-0.4, -0.2) is 54.0 Å². The molecule has 4 rings (SSSR count). The summed E-state index contributed by atoms with van der Waals surface area (Å²) in [6.45, 7) is 0.615. The highest BCUT2D eigenvalue weighted by atomic mass is 32.1. The molecule has 2 bridgehead atoms. The summed E-state index contributed by atoms with van der Waals surface area (Å²) in [5.74, 6) is -1.29. The molecule has 4 heterocycles. The molecule has 2 aliphatic rings. The predicted octanol–water partition coefficient (Wildman–Crippen LogP) is 1.000. The number of piperidine rings is 1. The van der Waals surface area contributed by atoms with Gasteiger partial charge in [0.1, 0.15) is 12.6 Å². The van der Waals surface area contributed by atoms with E-state index >= 15 is 0 Å². The standard InChI is InChI=1S/C20H21N3O5S/c1-28-17(25)8-21-19(26)18-14-7-13(15-3-2-4-16(24)23(15)18)9-22(10-14)20(27)12-5-6-29-11-12/h2-6,11,13-14,18H,7-10H2,1H3,(H,21,26)/t13-,14+,18-/m1/s1. The molecular weight excluding hydrogens is 394 g/mol. The zero-order valence-electron chi connectivity index (χ0n) is 15.9. The van der Waals surface area contributed by atoms with E-state index in [1.54, 1.807) is 17.0 Å². The van der Waals surface area contributed by atoms with Crippen molar-refractivity contribution in [3.05, 3.63) is 56.6 Å². The van der Waals surface area contributed by atoms with E-state index in [2.05, 4.69) is 10.1 Å². The minimum Gasteiger partial charge on any atom is -0.468 e. The summed E-state index contributed by atoms with van der Waals surface area (Å²) in [7, 11) is 1.24. The molecule has 152 valence electrons. The van der Waals surface area contributed by atoms with Gasteiger partial charge < -0.3 is 15.0 Å². The van der Waals surface area contributed by atoms with E-state index in [4.69, 9.17) is 0 Å². The molecule has 2 aromatic rings. The van der Waals surface area contributed by atoms with Crippen molar-refractivity contribution >= 4 is 29.1 Å². The van der Waals surface area contributed by atoms with Crippen molar-refractivity contribution < 1.29 is 19.1 Å². The lowest BCUT2D eigenvalue weighted by Gasteiger charge is -2.46. The maximum atomic E-state index is 13.0. The molecule has 8 nitrogen and oxygen atoms in total. The Bertz CT molecular complexity index is 1000. The molecule has 29 heavy (non-hydrogen) atoms. The van der Waals surface area contributed by atoms with Crippen molar-refractivity contribution in [1.82, 2.24) is 14.8 Å². The molecule has 1 saturated heterocycles. The molecule has 0 unspecified atom stereocenters. The number of hydrogen-bond donors (Lipinski definition) is 1. The molecule has 0 spiro atoms. The maximum absolute atomic E-state index is 13.0. The highest BCUT2D eigenvalue weighted by Gasteiger charge is 2.44. The van der Waals surface area contributed by atoms with Crippen molar-refractivity contribution in [3.63, 3.8) is 0 Å². The number of likely N-dealkylation sites (tertiary alicyclic amines) is 1. The first-order valence-corrected chi connectivity index (χ1v) is 10.3. The number of nitrogens with one attached hydrogen (secondary N) is 1. The van der Waals surface area contributed by atoms with Gasteiger partial charge in [0.15, 0.2) is 0 Å². The Hall–Kier alpha value is -2.94. The molecule has 2 amide bonds. The van der Waals surface area contributed by atoms with E-state index in [9.17, 15) is 19.2 Å². The lowest BCUT2D eigenvalue weighted by atomic mass is 9.78. The number of ether oxygens (including phenoxy) is 1. The first-order chi connectivity index (χ1) is 14.0. The minimum atomic E-state index is -0.780. The molecule has 9 heteroatoms. The summed E-state index contributed by atoms with van der Waals surface area (Å²) in [5.41, 5.74) is 1.12. The fourth-order valence-corrected chi connectivity index (χ4v) is 4.97. The number of methoxy groups -OCH3 is 1. The van der Waals surface area contributed by atoms with Crippen molar-refractivity contribution in [2.45, 2.75) is 18.4 Å². The molecule has 2 aromatic heterocycles. The second-order valence-electron chi connectivity index (χ2n) is 7.31. The molecule has 2 aliphatic heterocycles. The number of pyridine rings is 1. The quantitative estimate of drug-likeness (QED) is 0.752. The molecule has 3 atom stereocenters. The first-order valence-electron chi connectivity index (χ1n) is 9.37. The normalized spacial score (nSPS) is 22.5. The van der Waals surface area contributed by atoms with E-state index < -0.39 is 17.9 Å². The van der Waals surface area contributed by atoms with Gasteiger partial charge >= 0.3 is 5.97 Å². The Labute approximate surface area is 171 Å². The number of amides is 2. The van der Waals surface area contributed by atoms with Gasteiger partial charge in [-0.05, 0) is 23.9 Å². The number of esters is 1. The van der Waals surface area contributed by atoms with Gasteiger partial charge in [0, 0.05) is 42.1 Å². The second-order valence-corrected chi connectivity index (χ2v) is 8.09. The summed E-state index contributed by atoms with van der Waals surface area (Å²) in [6.07, 6.45) is 0.702. The van der Waals surface area contributed by atoms with E-state index in [1.807, 2.05) is 16.8 Å². The van der Waals surface area contributed by atoms with Crippen LogP contribution in [-0.2, 0) is 14.3 Å². The van der Waals surface area contributed by atoms with Crippen LogP contribution < -0.4 is 10.9 Å².